The van der Waals surface area contributed by atoms with Gasteiger partial charge >= 0.3 is 0 Å². The van der Waals surface area contributed by atoms with E-state index in [-0.39, 0.29) is 11.9 Å². The highest BCUT2D eigenvalue weighted by atomic mass is 35.5. The lowest BCUT2D eigenvalue weighted by Crippen LogP contribution is -2.33. The predicted octanol–water partition coefficient (Wildman–Crippen LogP) is 2.06. The molecule has 0 fully saturated rings. The number of nitrogens with one attached hydrogen (secondary N) is 1. The van der Waals surface area contributed by atoms with Gasteiger partial charge in [-0.15, -0.1) is 6.42 Å². The SMILES string of the molecule is C#CC(CC)NC(=O)c1cc(N)ccc1Cl. The number of halogens is 1. The van der Waals surface area contributed by atoms with Crippen LogP contribution < -0.4 is 11.1 Å². The molecule has 0 spiro atoms. The summed E-state index contributed by atoms with van der Waals surface area (Å²) in [5.74, 6) is 2.18. The van der Waals surface area contributed by atoms with Crippen LogP contribution in [0.15, 0.2) is 18.2 Å². The van der Waals surface area contributed by atoms with Crippen molar-refractivity contribution in [2.75, 3.05) is 5.73 Å². The van der Waals surface area contributed by atoms with Crippen LogP contribution >= 0.6 is 11.6 Å². The zero-order valence-electron chi connectivity index (χ0n) is 8.96. The number of nitrogen functional groups attached to an aromatic ring is 1. The molecule has 1 unspecified atom stereocenters. The monoisotopic (exact) mass is 236 g/mol. The van der Waals surface area contributed by atoms with Gasteiger partial charge in [0, 0.05) is 5.69 Å². The predicted molar refractivity (Wildman–Crippen MR) is 66.2 cm³/mol. The van der Waals surface area contributed by atoms with Crippen molar-refractivity contribution >= 4 is 23.2 Å². The van der Waals surface area contributed by atoms with Crippen LogP contribution in [0, 0.1) is 12.3 Å². The maximum atomic E-state index is 11.8. The summed E-state index contributed by atoms with van der Waals surface area (Å²) in [6.07, 6.45) is 5.92. The number of benzene rings is 1. The van der Waals surface area contributed by atoms with E-state index in [0.29, 0.717) is 22.7 Å². The molecule has 0 aromatic heterocycles. The lowest BCUT2D eigenvalue weighted by Gasteiger charge is -2.11. The third kappa shape index (κ3) is 2.91. The number of rotatable bonds is 3. The molecule has 4 heteroatoms. The zero-order chi connectivity index (χ0) is 12.1. The van der Waals surface area contributed by atoms with Gasteiger partial charge in [-0.3, -0.25) is 4.79 Å². The van der Waals surface area contributed by atoms with Crippen molar-refractivity contribution in [2.24, 2.45) is 0 Å². The van der Waals surface area contributed by atoms with Gasteiger partial charge in [0.05, 0.1) is 16.6 Å². The number of carbonyl (C=O) groups is 1. The number of nitrogens with two attached hydrogens (primary N) is 1. The van der Waals surface area contributed by atoms with Crippen molar-refractivity contribution in [1.29, 1.82) is 0 Å². The van der Waals surface area contributed by atoms with Crippen LogP contribution in [0.4, 0.5) is 5.69 Å². The second-order valence-corrected chi connectivity index (χ2v) is 3.75. The van der Waals surface area contributed by atoms with E-state index < -0.39 is 0 Å². The van der Waals surface area contributed by atoms with Crippen molar-refractivity contribution in [3.63, 3.8) is 0 Å². The summed E-state index contributed by atoms with van der Waals surface area (Å²) >= 11 is 5.89. The smallest absolute Gasteiger partial charge is 0.253 e. The summed E-state index contributed by atoms with van der Waals surface area (Å²) in [4.78, 5) is 11.8. The average Bonchev–Trinajstić information content (AvgIpc) is 2.28. The minimum atomic E-state index is -0.304. The van der Waals surface area contributed by atoms with Crippen LogP contribution in [0.3, 0.4) is 0 Å². The van der Waals surface area contributed by atoms with Gasteiger partial charge in [-0.25, -0.2) is 0 Å². The lowest BCUT2D eigenvalue weighted by atomic mass is 10.1. The van der Waals surface area contributed by atoms with Gasteiger partial charge in [-0.1, -0.05) is 24.4 Å². The first-order valence-electron chi connectivity index (χ1n) is 4.90. The Hall–Kier alpha value is -1.66. The molecule has 0 aliphatic rings. The van der Waals surface area contributed by atoms with E-state index in [1.807, 2.05) is 6.92 Å². The molecule has 0 radical (unpaired) electrons. The summed E-state index contributed by atoms with van der Waals surface area (Å²) < 4.78 is 0. The fourth-order valence-electron chi connectivity index (χ4n) is 1.21. The first-order chi connectivity index (χ1) is 7.58. The fraction of sp³-hybridized carbons (Fsp3) is 0.250. The number of hydrogen-bond acceptors (Lipinski definition) is 2. The first-order valence-corrected chi connectivity index (χ1v) is 5.28. The molecule has 16 heavy (non-hydrogen) atoms. The van der Waals surface area contributed by atoms with Gasteiger partial charge in [0.1, 0.15) is 0 Å². The van der Waals surface area contributed by atoms with E-state index in [0.717, 1.165) is 0 Å². The van der Waals surface area contributed by atoms with Gasteiger partial charge in [0.25, 0.3) is 5.91 Å². The Bertz CT molecular complexity index is 437. The van der Waals surface area contributed by atoms with Crippen LogP contribution in [0.5, 0.6) is 0 Å². The zero-order valence-corrected chi connectivity index (χ0v) is 9.71. The quantitative estimate of drug-likeness (QED) is 0.624. The molecule has 84 valence electrons. The largest absolute Gasteiger partial charge is 0.399 e. The minimum Gasteiger partial charge on any atom is -0.399 e. The summed E-state index contributed by atoms with van der Waals surface area (Å²) in [5, 5.41) is 3.05. The van der Waals surface area contributed by atoms with Gasteiger partial charge in [-0.2, -0.15) is 0 Å². The molecule has 0 heterocycles. The highest BCUT2D eigenvalue weighted by molar-refractivity contribution is 6.34. The number of terminal acetylenes is 1. The third-order valence-corrected chi connectivity index (χ3v) is 2.48. The Kier molecular flexibility index (Phi) is 4.21. The molecular formula is C12H13ClN2O. The normalized spacial score (nSPS) is 11.6. The Morgan fingerprint density at radius 3 is 2.94 bits per heavy atom. The minimum absolute atomic E-state index is 0.287. The van der Waals surface area contributed by atoms with Crippen molar-refractivity contribution in [2.45, 2.75) is 19.4 Å². The second-order valence-electron chi connectivity index (χ2n) is 3.34. The van der Waals surface area contributed by atoms with E-state index in [1.165, 1.54) is 6.07 Å². The Morgan fingerprint density at radius 1 is 1.69 bits per heavy atom. The number of carbonyl (C=O) groups excluding carboxylic acids is 1. The van der Waals surface area contributed by atoms with Crippen LogP contribution in [-0.4, -0.2) is 11.9 Å². The maximum absolute atomic E-state index is 11.8. The van der Waals surface area contributed by atoms with Crippen molar-refractivity contribution < 1.29 is 4.79 Å². The molecule has 3 nitrogen and oxygen atoms in total. The highest BCUT2D eigenvalue weighted by Gasteiger charge is 2.13. The van der Waals surface area contributed by atoms with Gasteiger partial charge in [0.15, 0.2) is 0 Å². The van der Waals surface area contributed by atoms with Gasteiger partial charge < -0.3 is 11.1 Å². The van der Waals surface area contributed by atoms with Crippen molar-refractivity contribution in [3.8, 4) is 12.3 Å². The number of hydrogen-bond donors (Lipinski definition) is 2. The van der Waals surface area contributed by atoms with Gasteiger partial charge in [0.2, 0.25) is 0 Å². The van der Waals surface area contributed by atoms with E-state index in [9.17, 15) is 4.79 Å². The third-order valence-electron chi connectivity index (χ3n) is 2.15. The molecule has 1 rings (SSSR count). The lowest BCUT2D eigenvalue weighted by molar-refractivity contribution is 0.0945. The van der Waals surface area contributed by atoms with Gasteiger partial charge in [-0.05, 0) is 24.6 Å². The average molecular weight is 237 g/mol. The summed E-state index contributed by atoms with van der Waals surface area (Å²) in [6.45, 7) is 1.89. The van der Waals surface area contributed by atoms with E-state index in [1.54, 1.807) is 12.1 Å². The van der Waals surface area contributed by atoms with Crippen molar-refractivity contribution in [1.82, 2.24) is 5.32 Å². The van der Waals surface area contributed by atoms with E-state index in [2.05, 4.69) is 11.2 Å². The number of anilines is 1. The molecule has 0 bridgehead atoms. The van der Waals surface area contributed by atoms with Crippen LogP contribution in [0.2, 0.25) is 5.02 Å². The standard InChI is InChI=1S/C12H13ClN2O/c1-3-9(4-2)15-12(16)10-7-8(14)5-6-11(10)13/h1,5-7,9H,4,14H2,2H3,(H,15,16). The van der Waals surface area contributed by atoms with Crippen molar-refractivity contribution in [3.05, 3.63) is 28.8 Å². The maximum Gasteiger partial charge on any atom is 0.253 e. The van der Waals surface area contributed by atoms with E-state index >= 15 is 0 Å². The molecule has 0 saturated heterocycles. The Balaban J connectivity index is 2.89. The molecule has 1 amide bonds. The first kappa shape index (κ1) is 12.4. The number of amides is 1. The van der Waals surface area contributed by atoms with Crippen LogP contribution in [-0.2, 0) is 0 Å². The molecule has 0 aliphatic heterocycles. The Morgan fingerprint density at radius 2 is 2.38 bits per heavy atom. The highest BCUT2D eigenvalue weighted by Crippen LogP contribution is 2.18. The molecule has 0 aliphatic carbocycles. The van der Waals surface area contributed by atoms with E-state index in [4.69, 9.17) is 23.8 Å². The molecule has 3 N–H and O–H groups in total. The molecule has 1 aromatic rings. The van der Waals surface area contributed by atoms with Crippen LogP contribution in [0.1, 0.15) is 23.7 Å². The van der Waals surface area contributed by atoms with Crippen LogP contribution in [0.25, 0.3) is 0 Å². The summed E-state index contributed by atoms with van der Waals surface area (Å²) in [5.41, 5.74) is 6.41. The topological polar surface area (TPSA) is 55.1 Å². The second kappa shape index (κ2) is 5.43. The fourth-order valence-corrected chi connectivity index (χ4v) is 1.42. The summed E-state index contributed by atoms with van der Waals surface area (Å²) in [7, 11) is 0. The summed E-state index contributed by atoms with van der Waals surface area (Å²) in [6, 6.07) is 4.46. The molecule has 0 saturated carbocycles. The molecule has 1 atom stereocenters. The molecule has 1 aromatic carbocycles. The Labute approximate surface area is 100.0 Å². The molecular weight excluding hydrogens is 224 g/mol.